The number of aromatic nitrogens is 1. The van der Waals surface area contributed by atoms with Gasteiger partial charge >= 0.3 is 0 Å². The van der Waals surface area contributed by atoms with Crippen LogP contribution >= 0.6 is 15.9 Å². The Morgan fingerprint density at radius 1 is 1.50 bits per heavy atom. The van der Waals surface area contributed by atoms with Gasteiger partial charge in [-0.1, -0.05) is 0 Å². The van der Waals surface area contributed by atoms with Gasteiger partial charge in [0.2, 0.25) is 0 Å². The molecule has 0 saturated heterocycles. The third-order valence-electron chi connectivity index (χ3n) is 2.28. The standard InChI is InChI=1S/C11H12BrN3O/c1-15(6-8-2-3-16-7-8)11-9(12)4-14-5-10(11)13/h2-5,7H,6,13H2,1H3. The summed E-state index contributed by atoms with van der Waals surface area (Å²) in [5.74, 6) is 0. The highest BCUT2D eigenvalue weighted by Crippen LogP contribution is 2.31. The van der Waals surface area contributed by atoms with Crippen molar-refractivity contribution in [2.24, 2.45) is 0 Å². The van der Waals surface area contributed by atoms with E-state index in [0.29, 0.717) is 5.69 Å². The summed E-state index contributed by atoms with van der Waals surface area (Å²) in [6.45, 7) is 0.739. The van der Waals surface area contributed by atoms with Crippen molar-refractivity contribution < 1.29 is 4.42 Å². The number of anilines is 2. The van der Waals surface area contributed by atoms with Crippen LogP contribution in [-0.2, 0) is 6.54 Å². The van der Waals surface area contributed by atoms with Crippen molar-refractivity contribution in [3.8, 4) is 0 Å². The zero-order chi connectivity index (χ0) is 11.5. The first-order valence-electron chi connectivity index (χ1n) is 4.79. The van der Waals surface area contributed by atoms with E-state index in [0.717, 1.165) is 22.3 Å². The van der Waals surface area contributed by atoms with Crippen LogP contribution in [0.15, 0.2) is 39.9 Å². The lowest BCUT2D eigenvalue weighted by molar-refractivity contribution is 0.563. The van der Waals surface area contributed by atoms with E-state index in [4.69, 9.17) is 10.2 Å². The average molecular weight is 282 g/mol. The van der Waals surface area contributed by atoms with Gasteiger partial charge in [-0.2, -0.15) is 0 Å². The second-order valence-electron chi connectivity index (χ2n) is 3.55. The molecule has 5 heteroatoms. The minimum absolute atomic E-state index is 0.653. The maximum atomic E-state index is 5.89. The number of rotatable bonds is 3. The maximum absolute atomic E-state index is 5.89. The van der Waals surface area contributed by atoms with E-state index in [-0.39, 0.29) is 0 Å². The highest BCUT2D eigenvalue weighted by molar-refractivity contribution is 9.10. The highest BCUT2D eigenvalue weighted by Gasteiger charge is 2.10. The summed E-state index contributed by atoms with van der Waals surface area (Å²) in [6, 6.07) is 1.93. The van der Waals surface area contributed by atoms with Crippen molar-refractivity contribution in [1.29, 1.82) is 0 Å². The first-order valence-corrected chi connectivity index (χ1v) is 5.59. The first-order chi connectivity index (χ1) is 7.68. The fourth-order valence-electron chi connectivity index (χ4n) is 1.58. The third kappa shape index (κ3) is 2.19. The average Bonchev–Trinajstić information content (AvgIpc) is 2.70. The number of nitrogens with zero attached hydrogens (tertiary/aromatic N) is 2. The number of nitrogens with two attached hydrogens (primary N) is 1. The molecule has 0 saturated carbocycles. The molecule has 0 atom stereocenters. The fraction of sp³-hybridized carbons (Fsp3) is 0.182. The monoisotopic (exact) mass is 281 g/mol. The molecule has 2 rings (SSSR count). The first kappa shape index (κ1) is 11.0. The Labute approximate surface area is 102 Å². The summed E-state index contributed by atoms with van der Waals surface area (Å²) in [4.78, 5) is 6.05. The van der Waals surface area contributed by atoms with Crippen molar-refractivity contribution >= 4 is 27.3 Å². The Hall–Kier alpha value is -1.49. The second kappa shape index (κ2) is 4.57. The van der Waals surface area contributed by atoms with Crippen LogP contribution in [0.1, 0.15) is 5.56 Å². The van der Waals surface area contributed by atoms with Crippen LogP contribution in [0.3, 0.4) is 0 Å². The molecular formula is C11H12BrN3O. The molecule has 0 aliphatic rings. The zero-order valence-corrected chi connectivity index (χ0v) is 10.4. The normalized spacial score (nSPS) is 10.4. The van der Waals surface area contributed by atoms with Crippen LogP contribution in [0.2, 0.25) is 0 Å². The third-order valence-corrected chi connectivity index (χ3v) is 2.86. The number of hydrogen-bond donors (Lipinski definition) is 1. The van der Waals surface area contributed by atoms with E-state index >= 15 is 0 Å². The van der Waals surface area contributed by atoms with E-state index < -0.39 is 0 Å². The lowest BCUT2D eigenvalue weighted by Crippen LogP contribution is -2.18. The fourth-order valence-corrected chi connectivity index (χ4v) is 2.23. The largest absolute Gasteiger partial charge is 0.472 e. The molecule has 0 fully saturated rings. The summed E-state index contributed by atoms with van der Waals surface area (Å²) in [7, 11) is 1.98. The minimum atomic E-state index is 0.653. The molecular weight excluding hydrogens is 270 g/mol. The van der Waals surface area contributed by atoms with E-state index in [2.05, 4.69) is 20.9 Å². The molecule has 0 bridgehead atoms. The quantitative estimate of drug-likeness (QED) is 0.940. The van der Waals surface area contributed by atoms with Gasteiger partial charge in [0.15, 0.2) is 0 Å². The molecule has 2 aromatic rings. The van der Waals surface area contributed by atoms with E-state index in [1.54, 1.807) is 24.9 Å². The molecule has 0 aromatic carbocycles. The van der Waals surface area contributed by atoms with Gasteiger partial charge in [-0.15, -0.1) is 0 Å². The van der Waals surface area contributed by atoms with Crippen LogP contribution in [0.5, 0.6) is 0 Å². The Kier molecular flexibility index (Phi) is 3.14. The summed E-state index contributed by atoms with van der Waals surface area (Å²) in [6.07, 6.45) is 6.76. The molecule has 2 N–H and O–H groups in total. The molecule has 2 heterocycles. The molecule has 0 aliphatic heterocycles. The van der Waals surface area contributed by atoms with Crippen molar-refractivity contribution in [1.82, 2.24) is 4.98 Å². The number of nitrogen functional groups attached to an aromatic ring is 1. The predicted molar refractivity (Wildman–Crippen MR) is 67.2 cm³/mol. The number of hydrogen-bond acceptors (Lipinski definition) is 4. The van der Waals surface area contributed by atoms with Crippen molar-refractivity contribution in [3.63, 3.8) is 0 Å². The molecule has 2 aromatic heterocycles. The Morgan fingerprint density at radius 2 is 2.31 bits per heavy atom. The van der Waals surface area contributed by atoms with Gasteiger partial charge in [0.1, 0.15) is 0 Å². The molecule has 16 heavy (non-hydrogen) atoms. The molecule has 4 nitrogen and oxygen atoms in total. The summed E-state index contributed by atoms with van der Waals surface area (Å²) >= 11 is 3.44. The molecule has 0 radical (unpaired) electrons. The van der Waals surface area contributed by atoms with Crippen LogP contribution in [0.4, 0.5) is 11.4 Å². The van der Waals surface area contributed by atoms with E-state index in [1.165, 1.54) is 0 Å². The molecule has 0 spiro atoms. The number of halogens is 1. The van der Waals surface area contributed by atoms with Gasteiger partial charge in [0.05, 0.1) is 34.6 Å². The summed E-state index contributed by atoms with van der Waals surface area (Å²) in [5.41, 5.74) is 8.59. The van der Waals surface area contributed by atoms with Crippen molar-refractivity contribution in [2.75, 3.05) is 17.7 Å². The Morgan fingerprint density at radius 3 is 2.94 bits per heavy atom. The topological polar surface area (TPSA) is 55.3 Å². The van der Waals surface area contributed by atoms with Gasteiger partial charge in [-0.05, 0) is 22.0 Å². The SMILES string of the molecule is CN(Cc1ccoc1)c1c(N)cncc1Br. The lowest BCUT2D eigenvalue weighted by Gasteiger charge is -2.21. The smallest absolute Gasteiger partial charge is 0.0952 e. The van der Waals surface area contributed by atoms with Crippen molar-refractivity contribution in [3.05, 3.63) is 41.0 Å². The molecule has 0 amide bonds. The van der Waals surface area contributed by atoms with Gasteiger partial charge in [-0.25, -0.2) is 0 Å². The molecule has 84 valence electrons. The molecule has 0 aliphatic carbocycles. The van der Waals surface area contributed by atoms with Crippen LogP contribution in [0.25, 0.3) is 0 Å². The van der Waals surface area contributed by atoms with Gasteiger partial charge in [0, 0.05) is 25.4 Å². The lowest BCUT2D eigenvalue weighted by atomic mass is 10.2. The second-order valence-corrected chi connectivity index (χ2v) is 4.40. The molecule has 0 unspecified atom stereocenters. The maximum Gasteiger partial charge on any atom is 0.0952 e. The summed E-state index contributed by atoms with van der Waals surface area (Å²) < 4.78 is 5.92. The predicted octanol–water partition coefficient (Wildman–Crippen LogP) is 2.66. The number of pyridine rings is 1. The van der Waals surface area contributed by atoms with Crippen molar-refractivity contribution in [2.45, 2.75) is 6.54 Å². The van der Waals surface area contributed by atoms with Gasteiger partial charge in [-0.3, -0.25) is 4.98 Å². The van der Waals surface area contributed by atoms with E-state index in [1.807, 2.05) is 18.0 Å². The van der Waals surface area contributed by atoms with Crippen LogP contribution < -0.4 is 10.6 Å². The van der Waals surface area contributed by atoms with Crippen LogP contribution in [-0.4, -0.2) is 12.0 Å². The summed E-state index contributed by atoms with van der Waals surface area (Å²) in [5, 5.41) is 0. The minimum Gasteiger partial charge on any atom is -0.472 e. The van der Waals surface area contributed by atoms with Gasteiger partial charge in [0.25, 0.3) is 0 Å². The Bertz CT molecular complexity index is 450. The zero-order valence-electron chi connectivity index (χ0n) is 8.85. The Balaban J connectivity index is 2.24. The van der Waals surface area contributed by atoms with E-state index in [9.17, 15) is 0 Å². The highest BCUT2D eigenvalue weighted by atomic mass is 79.9. The number of furan rings is 1. The van der Waals surface area contributed by atoms with Crippen LogP contribution in [0, 0.1) is 0 Å². The van der Waals surface area contributed by atoms with Gasteiger partial charge < -0.3 is 15.1 Å².